The molecule has 2 N–H and O–H groups in total. The van der Waals surface area contributed by atoms with E-state index in [1.165, 1.54) is 31.3 Å². The Labute approximate surface area is 164 Å². The first-order valence-corrected chi connectivity index (χ1v) is 8.41. The van der Waals surface area contributed by atoms with E-state index in [1.807, 2.05) is 0 Å². The summed E-state index contributed by atoms with van der Waals surface area (Å²) in [4.78, 5) is 12.0. The van der Waals surface area contributed by atoms with Gasteiger partial charge in [-0.05, 0) is 37.3 Å². The van der Waals surface area contributed by atoms with Crippen LogP contribution in [0.2, 0.25) is 20.1 Å². The first-order valence-electron chi connectivity index (χ1n) is 6.90. The van der Waals surface area contributed by atoms with E-state index in [0.717, 1.165) is 0 Å². The number of hydrazone groups is 1. The summed E-state index contributed by atoms with van der Waals surface area (Å²) in [6.07, 6.45) is 0.347. The Morgan fingerprint density at radius 3 is 2.52 bits per heavy atom. The lowest BCUT2D eigenvalue weighted by molar-refractivity contribution is -0.127. The lowest BCUT2D eigenvalue weighted by Crippen LogP contribution is -2.33. The van der Waals surface area contributed by atoms with Crippen LogP contribution < -0.4 is 10.2 Å². The van der Waals surface area contributed by atoms with Crippen LogP contribution in [0.1, 0.15) is 12.5 Å². The molecule has 2 aromatic rings. The van der Waals surface area contributed by atoms with E-state index in [1.54, 1.807) is 12.1 Å². The maximum absolute atomic E-state index is 12.0. The quantitative estimate of drug-likeness (QED) is 0.531. The van der Waals surface area contributed by atoms with Crippen LogP contribution in [0.15, 0.2) is 35.4 Å². The van der Waals surface area contributed by atoms with E-state index in [-0.39, 0.29) is 21.4 Å². The van der Waals surface area contributed by atoms with Crippen LogP contribution in [-0.4, -0.2) is 23.3 Å². The van der Waals surface area contributed by atoms with Gasteiger partial charge < -0.3 is 9.84 Å². The van der Waals surface area contributed by atoms with Crippen molar-refractivity contribution >= 4 is 58.5 Å². The van der Waals surface area contributed by atoms with E-state index >= 15 is 0 Å². The summed E-state index contributed by atoms with van der Waals surface area (Å²) in [6.45, 7) is 1.53. The van der Waals surface area contributed by atoms with Gasteiger partial charge in [0.1, 0.15) is 11.5 Å². The second-order valence-electron chi connectivity index (χ2n) is 4.89. The van der Waals surface area contributed by atoms with E-state index in [9.17, 15) is 9.90 Å². The predicted molar refractivity (Wildman–Crippen MR) is 100 cm³/mol. The number of hydrogen-bond acceptors (Lipinski definition) is 4. The van der Waals surface area contributed by atoms with Gasteiger partial charge in [-0.2, -0.15) is 5.10 Å². The molecule has 9 heteroatoms. The molecule has 0 fully saturated rings. The molecule has 1 amide bonds. The topological polar surface area (TPSA) is 70.9 Å². The molecule has 1 unspecified atom stereocenters. The van der Waals surface area contributed by atoms with Gasteiger partial charge in [-0.25, -0.2) is 5.43 Å². The number of carbonyl (C=O) groups excluding carboxylic acids is 1. The number of ether oxygens (including phenoxy) is 1. The average Bonchev–Trinajstić information content (AvgIpc) is 2.54. The number of nitrogens with zero attached hydrogens (tertiary/aromatic N) is 1. The summed E-state index contributed by atoms with van der Waals surface area (Å²) in [6, 6.07) is 7.50. The molecule has 0 heterocycles. The number of nitrogens with one attached hydrogen (secondary N) is 1. The molecule has 0 saturated heterocycles. The molecule has 2 aromatic carbocycles. The van der Waals surface area contributed by atoms with Gasteiger partial charge in [-0.1, -0.05) is 46.4 Å². The van der Waals surface area contributed by atoms with Gasteiger partial charge in [0, 0.05) is 15.6 Å². The number of amides is 1. The Kier molecular flexibility index (Phi) is 6.79. The minimum Gasteiger partial charge on any atom is -0.506 e. The van der Waals surface area contributed by atoms with Crippen LogP contribution >= 0.6 is 46.4 Å². The van der Waals surface area contributed by atoms with Crippen molar-refractivity contribution in [3.05, 3.63) is 56.0 Å². The van der Waals surface area contributed by atoms with Crippen molar-refractivity contribution in [3.63, 3.8) is 0 Å². The van der Waals surface area contributed by atoms with Gasteiger partial charge in [-0.3, -0.25) is 4.79 Å². The molecule has 0 saturated carbocycles. The molecule has 0 aliphatic rings. The van der Waals surface area contributed by atoms with Crippen molar-refractivity contribution in [2.24, 2.45) is 5.10 Å². The Hall–Kier alpha value is -1.66. The van der Waals surface area contributed by atoms with E-state index in [4.69, 9.17) is 51.1 Å². The molecule has 1 atom stereocenters. The second-order valence-corrected chi connectivity index (χ2v) is 6.58. The van der Waals surface area contributed by atoms with Gasteiger partial charge in [-0.15, -0.1) is 0 Å². The van der Waals surface area contributed by atoms with E-state index in [2.05, 4.69) is 10.5 Å². The fraction of sp³-hybridized carbons (Fsp3) is 0.125. The second kappa shape index (κ2) is 8.63. The lowest BCUT2D eigenvalue weighted by Gasteiger charge is -2.14. The number of aromatic hydroxyl groups is 1. The maximum atomic E-state index is 12.0. The van der Waals surface area contributed by atoms with Crippen LogP contribution in [0.5, 0.6) is 11.5 Å². The van der Waals surface area contributed by atoms with Crippen molar-refractivity contribution in [1.29, 1.82) is 0 Å². The van der Waals surface area contributed by atoms with Crippen molar-refractivity contribution in [1.82, 2.24) is 5.43 Å². The molecule has 132 valence electrons. The molecule has 0 aromatic heterocycles. The minimum absolute atomic E-state index is 0.0781. The number of benzene rings is 2. The molecular weight excluding hydrogens is 410 g/mol. The van der Waals surface area contributed by atoms with Gasteiger partial charge >= 0.3 is 0 Å². The van der Waals surface area contributed by atoms with Crippen LogP contribution in [0.4, 0.5) is 0 Å². The zero-order valence-corrected chi connectivity index (χ0v) is 15.8. The normalized spacial score (nSPS) is 12.2. The summed E-state index contributed by atoms with van der Waals surface area (Å²) < 4.78 is 5.46. The number of halogens is 4. The third kappa shape index (κ3) is 5.41. The van der Waals surface area contributed by atoms with Crippen molar-refractivity contribution in [3.8, 4) is 11.5 Å². The third-order valence-corrected chi connectivity index (χ3v) is 4.04. The fourth-order valence-electron chi connectivity index (χ4n) is 1.76. The van der Waals surface area contributed by atoms with Gasteiger partial charge in [0.2, 0.25) is 0 Å². The Morgan fingerprint density at radius 1 is 1.16 bits per heavy atom. The van der Waals surface area contributed by atoms with Crippen molar-refractivity contribution in [2.45, 2.75) is 13.0 Å². The minimum atomic E-state index is -0.868. The average molecular weight is 422 g/mol. The van der Waals surface area contributed by atoms with Crippen LogP contribution in [0.25, 0.3) is 0 Å². The molecule has 0 aliphatic heterocycles. The van der Waals surface area contributed by atoms with Crippen molar-refractivity contribution in [2.75, 3.05) is 0 Å². The standard InChI is InChI=1S/C16H12Cl4N2O3/c1-8(25-14-3-2-10(17)5-12(14)19)16(24)22-21-7-9-4-11(18)6-13(20)15(9)23/h2-8,23H,1H3,(H,22,24)/b21-7+. The highest BCUT2D eigenvalue weighted by atomic mass is 35.5. The fourth-order valence-corrected chi connectivity index (χ4v) is 2.72. The monoisotopic (exact) mass is 420 g/mol. The molecule has 0 radical (unpaired) electrons. The molecule has 2 rings (SSSR count). The molecular formula is C16H12Cl4N2O3. The summed E-state index contributed by atoms with van der Waals surface area (Å²) >= 11 is 23.4. The van der Waals surface area contributed by atoms with Crippen LogP contribution in [0.3, 0.4) is 0 Å². The van der Waals surface area contributed by atoms with E-state index in [0.29, 0.717) is 15.8 Å². The number of phenols is 1. The molecule has 0 spiro atoms. The van der Waals surface area contributed by atoms with Gasteiger partial charge in [0.05, 0.1) is 16.3 Å². The lowest BCUT2D eigenvalue weighted by atomic mass is 10.2. The van der Waals surface area contributed by atoms with Crippen LogP contribution in [-0.2, 0) is 4.79 Å². The zero-order chi connectivity index (χ0) is 18.6. The molecule has 5 nitrogen and oxygen atoms in total. The summed E-state index contributed by atoms with van der Waals surface area (Å²) in [5, 5.41) is 14.7. The Morgan fingerprint density at radius 2 is 1.84 bits per heavy atom. The van der Waals surface area contributed by atoms with Crippen molar-refractivity contribution < 1.29 is 14.6 Å². The Balaban J connectivity index is 2.00. The summed E-state index contributed by atoms with van der Waals surface area (Å²) in [7, 11) is 0. The first-order chi connectivity index (χ1) is 11.8. The highest BCUT2D eigenvalue weighted by Crippen LogP contribution is 2.30. The number of rotatable bonds is 5. The number of phenolic OH excluding ortho intramolecular Hbond substituents is 1. The zero-order valence-electron chi connectivity index (χ0n) is 12.8. The third-order valence-electron chi connectivity index (χ3n) is 3.00. The molecule has 0 bridgehead atoms. The highest BCUT2D eigenvalue weighted by Gasteiger charge is 2.16. The largest absolute Gasteiger partial charge is 0.506 e. The number of carbonyl (C=O) groups is 1. The van der Waals surface area contributed by atoms with Gasteiger partial charge in [0.15, 0.2) is 6.10 Å². The molecule has 25 heavy (non-hydrogen) atoms. The molecule has 0 aliphatic carbocycles. The van der Waals surface area contributed by atoms with Gasteiger partial charge in [0.25, 0.3) is 5.91 Å². The predicted octanol–water partition coefficient (Wildman–Crippen LogP) is 4.92. The highest BCUT2D eigenvalue weighted by molar-refractivity contribution is 6.36. The van der Waals surface area contributed by atoms with Crippen LogP contribution in [0, 0.1) is 0 Å². The SMILES string of the molecule is CC(Oc1ccc(Cl)cc1Cl)C(=O)N/N=C/c1cc(Cl)cc(Cl)c1O. The summed E-state index contributed by atoms with van der Waals surface area (Å²) in [5.41, 5.74) is 2.54. The summed E-state index contributed by atoms with van der Waals surface area (Å²) in [5.74, 6) is -0.395. The number of hydrogen-bond donors (Lipinski definition) is 2. The Bertz CT molecular complexity index is 827. The smallest absolute Gasteiger partial charge is 0.280 e. The maximum Gasteiger partial charge on any atom is 0.280 e. The van der Waals surface area contributed by atoms with E-state index < -0.39 is 12.0 Å². The first kappa shape index (κ1) is 19.7.